The van der Waals surface area contributed by atoms with E-state index in [9.17, 15) is 5.11 Å². The van der Waals surface area contributed by atoms with E-state index in [0.717, 1.165) is 25.2 Å². The van der Waals surface area contributed by atoms with Gasteiger partial charge in [0.25, 0.3) is 0 Å². The molecule has 0 fully saturated rings. The molecular formula is C11H21N3O. The molecule has 4 heteroatoms. The van der Waals surface area contributed by atoms with Gasteiger partial charge in [-0.05, 0) is 26.3 Å². The van der Waals surface area contributed by atoms with Crippen molar-refractivity contribution >= 4 is 0 Å². The predicted octanol–water partition coefficient (Wildman–Crippen LogP) is 1.15. The molecule has 0 amide bonds. The lowest BCUT2D eigenvalue weighted by molar-refractivity contribution is 0.168. The summed E-state index contributed by atoms with van der Waals surface area (Å²) >= 11 is 0. The molecule has 15 heavy (non-hydrogen) atoms. The van der Waals surface area contributed by atoms with Crippen LogP contribution >= 0.6 is 0 Å². The van der Waals surface area contributed by atoms with Crippen LogP contribution in [0.5, 0.6) is 0 Å². The fourth-order valence-electron chi connectivity index (χ4n) is 1.39. The van der Waals surface area contributed by atoms with E-state index in [1.807, 2.05) is 23.9 Å². The predicted molar refractivity (Wildman–Crippen MR) is 60.5 cm³/mol. The minimum Gasteiger partial charge on any atom is -0.394 e. The van der Waals surface area contributed by atoms with Crippen molar-refractivity contribution in [3.63, 3.8) is 0 Å². The maximum Gasteiger partial charge on any atom is 0.0610 e. The van der Waals surface area contributed by atoms with Crippen molar-refractivity contribution in [2.75, 3.05) is 6.61 Å². The van der Waals surface area contributed by atoms with E-state index >= 15 is 0 Å². The van der Waals surface area contributed by atoms with Gasteiger partial charge in [0.1, 0.15) is 0 Å². The van der Waals surface area contributed by atoms with Crippen molar-refractivity contribution in [2.24, 2.45) is 0 Å². The average molecular weight is 211 g/mol. The lowest BCUT2D eigenvalue weighted by atomic mass is 10.0. The van der Waals surface area contributed by atoms with E-state index in [2.05, 4.69) is 24.3 Å². The van der Waals surface area contributed by atoms with Crippen LogP contribution in [-0.2, 0) is 13.1 Å². The Kier molecular flexibility index (Phi) is 4.29. The zero-order valence-corrected chi connectivity index (χ0v) is 9.82. The van der Waals surface area contributed by atoms with Crippen LogP contribution < -0.4 is 5.32 Å². The number of aliphatic hydroxyl groups is 1. The van der Waals surface area contributed by atoms with Crippen LogP contribution in [0, 0.1) is 0 Å². The van der Waals surface area contributed by atoms with Gasteiger partial charge in [0, 0.05) is 24.8 Å². The SMILES string of the molecule is CCn1nccc1CNC(C)(CC)CO. The van der Waals surface area contributed by atoms with Crippen LogP contribution in [-0.4, -0.2) is 27.0 Å². The molecule has 0 aromatic carbocycles. The van der Waals surface area contributed by atoms with Crippen molar-refractivity contribution in [3.05, 3.63) is 18.0 Å². The number of hydrogen-bond donors (Lipinski definition) is 2. The summed E-state index contributed by atoms with van der Waals surface area (Å²) in [7, 11) is 0. The minimum atomic E-state index is -0.192. The second-order valence-electron chi connectivity index (χ2n) is 4.06. The van der Waals surface area contributed by atoms with Crippen molar-refractivity contribution in [2.45, 2.75) is 45.8 Å². The van der Waals surface area contributed by atoms with E-state index in [1.54, 1.807) is 0 Å². The molecule has 0 aliphatic heterocycles. The molecule has 0 aliphatic carbocycles. The van der Waals surface area contributed by atoms with Gasteiger partial charge in [0.05, 0.1) is 12.3 Å². The second kappa shape index (κ2) is 5.28. The molecule has 0 radical (unpaired) electrons. The Morgan fingerprint density at radius 1 is 1.53 bits per heavy atom. The fourth-order valence-corrected chi connectivity index (χ4v) is 1.39. The summed E-state index contributed by atoms with van der Waals surface area (Å²) < 4.78 is 1.96. The number of nitrogens with zero attached hydrogens (tertiary/aromatic N) is 2. The molecule has 1 aromatic heterocycles. The Bertz CT molecular complexity index is 292. The molecule has 1 unspecified atom stereocenters. The third-order valence-electron chi connectivity index (χ3n) is 2.93. The van der Waals surface area contributed by atoms with E-state index in [0.29, 0.717) is 0 Å². The van der Waals surface area contributed by atoms with Crippen molar-refractivity contribution in [3.8, 4) is 0 Å². The summed E-state index contributed by atoms with van der Waals surface area (Å²) in [5.41, 5.74) is 0.966. The first kappa shape index (κ1) is 12.2. The number of rotatable bonds is 6. The van der Waals surface area contributed by atoms with Crippen LogP contribution in [0.4, 0.5) is 0 Å². The number of nitrogens with one attached hydrogen (secondary N) is 1. The highest BCUT2D eigenvalue weighted by Crippen LogP contribution is 2.09. The third-order valence-corrected chi connectivity index (χ3v) is 2.93. The molecule has 0 saturated carbocycles. The van der Waals surface area contributed by atoms with E-state index in [1.165, 1.54) is 0 Å². The van der Waals surface area contributed by atoms with Crippen LogP contribution in [0.2, 0.25) is 0 Å². The zero-order valence-electron chi connectivity index (χ0n) is 9.82. The second-order valence-corrected chi connectivity index (χ2v) is 4.06. The summed E-state index contributed by atoms with van der Waals surface area (Å²) in [5, 5.41) is 16.8. The highest BCUT2D eigenvalue weighted by Gasteiger charge is 2.20. The summed E-state index contributed by atoms with van der Waals surface area (Å²) in [6.07, 6.45) is 2.71. The van der Waals surface area contributed by atoms with Crippen molar-refractivity contribution in [1.29, 1.82) is 0 Å². The van der Waals surface area contributed by atoms with Gasteiger partial charge < -0.3 is 10.4 Å². The van der Waals surface area contributed by atoms with E-state index in [-0.39, 0.29) is 12.1 Å². The third kappa shape index (κ3) is 3.04. The molecule has 0 spiro atoms. The molecule has 2 N–H and O–H groups in total. The number of aromatic nitrogens is 2. The molecule has 4 nitrogen and oxygen atoms in total. The molecule has 1 rings (SSSR count). The highest BCUT2D eigenvalue weighted by atomic mass is 16.3. The molecule has 0 aliphatic rings. The highest BCUT2D eigenvalue weighted by molar-refractivity contribution is 5.01. The summed E-state index contributed by atoms with van der Waals surface area (Å²) in [4.78, 5) is 0. The number of hydrogen-bond acceptors (Lipinski definition) is 3. The zero-order chi connectivity index (χ0) is 11.3. The maximum atomic E-state index is 9.26. The first-order chi connectivity index (χ1) is 7.15. The molecule has 0 saturated heterocycles. The van der Waals surface area contributed by atoms with Gasteiger partial charge in [-0.2, -0.15) is 5.10 Å². The maximum absolute atomic E-state index is 9.26. The van der Waals surface area contributed by atoms with Crippen LogP contribution in [0.15, 0.2) is 12.3 Å². The molecule has 1 aromatic rings. The Labute approximate surface area is 91.3 Å². The quantitative estimate of drug-likeness (QED) is 0.742. The van der Waals surface area contributed by atoms with E-state index in [4.69, 9.17) is 0 Å². The first-order valence-corrected chi connectivity index (χ1v) is 5.51. The Balaban J connectivity index is 2.56. The summed E-state index contributed by atoms with van der Waals surface area (Å²) in [6, 6.07) is 2.00. The van der Waals surface area contributed by atoms with Gasteiger partial charge in [0.15, 0.2) is 0 Å². The van der Waals surface area contributed by atoms with Gasteiger partial charge in [-0.15, -0.1) is 0 Å². The lowest BCUT2D eigenvalue weighted by Crippen LogP contribution is -2.44. The molecule has 1 atom stereocenters. The number of aliphatic hydroxyl groups excluding tert-OH is 1. The molecule has 0 bridgehead atoms. The van der Waals surface area contributed by atoms with Crippen LogP contribution in [0.25, 0.3) is 0 Å². The van der Waals surface area contributed by atoms with Crippen LogP contribution in [0.1, 0.15) is 32.9 Å². The standard InChI is InChI=1S/C11H21N3O/c1-4-11(3,9-15)12-8-10-6-7-13-14(10)5-2/h6-7,12,15H,4-5,8-9H2,1-3H3. The first-order valence-electron chi connectivity index (χ1n) is 5.51. The van der Waals surface area contributed by atoms with Gasteiger partial charge >= 0.3 is 0 Å². The smallest absolute Gasteiger partial charge is 0.0610 e. The normalized spacial score (nSPS) is 15.2. The molecular weight excluding hydrogens is 190 g/mol. The van der Waals surface area contributed by atoms with Crippen LogP contribution in [0.3, 0.4) is 0 Å². The Hall–Kier alpha value is -0.870. The van der Waals surface area contributed by atoms with Crippen molar-refractivity contribution < 1.29 is 5.11 Å². The summed E-state index contributed by atoms with van der Waals surface area (Å²) in [6.45, 7) is 7.95. The van der Waals surface area contributed by atoms with Gasteiger partial charge in [-0.3, -0.25) is 4.68 Å². The Morgan fingerprint density at radius 3 is 2.80 bits per heavy atom. The minimum absolute atomic E-state index is 0.157. The lowest BCUT2D eigenvalue weighted by Gasteiger charge is -2.27. The number of aryl methyl sites for hydroxylation is 1. The van der Waals surface area contributed by atoms with E-state index < -0.39 is 0 Å². The largest absolute Gasteiger partial charge is 0.394 e. The topological polar surface area (TPSA) is 50.1 Å². The molecule has 86 valence electrons. The van der Waals surface area contributed by atoms with Gasteiger partial charge in [-0.25, -0.2) is 0 Å². The fraction of sp³-hybridized carbons (Fsp3) is 0.727. The Morgan fingerprint density at radius 2 is 2.27 bits per heavy atom. The monoisotopic (exact) mass is 211 g/mol. The van der Waals surface area contributed by atoms with Gasteiger partial charge in [-0.1, -0.05) is 6.92 Å². The molecule has 1 heterocycles. The summed E-state index contributed by atoms with van der Waals surface area (Å²) in [5.74, 6) is 0. The van der Waals surface area contributed by atoms with Gasteiger partial charge in [0.2, 0.25) is 0 Å². The van der Waals surface area contributed by atoms with Crippen molar-refractivity contribution in [1.82, 2.24) is 15.1 Å². The average Bonchev–Trinajstić information content (AvgIpc) is 2.73.